The molecule has 1 aromatic rings. The molecule has 0 saturated carbocycles. The summed E-state index contributed by atoms with van der Waals surface area (Å²) in [7, 11) is 0. The topological polar surface area (TPSA) is 39.1 Å². The molecule has 2 rings (SSSR count). The fraction of sp³-hybridized carbons (Fsp3) is 0.500. The Kier molecular flexibility index (Phi) is 3.78. The Morgan fingerprint density at radius 1 is 1.35 bits per heavy atom. The van der Waals surface area contributed by atoms with Crippen molar-refractivity contribution in [3.63, 3.8) is 0 Å². The number of piperazine rings is 1. The summed E-state index contributed by atoms with van der Waals surface area (Å²) in [4.78, 5) is 2.25. The number of hydrogen-bond donors (Lipinski definition) is 1. The molecule has 0 radical (unpaired) electrons. The van der Waals surface area contributed by atoms with Crippen LogP contribution in [0, 0.1) is 25.2 Å². The van der Waals surface area contributed by atoms with E-state index in [2.05, 4.69) is 48.3 Å². The average Bonchev–Trinajstić information content (AvgIpc) is 2.28. The highest BCUT2D eigenvalue weighted by Crippen LogP contribution is 2.13. The summed E-state index contributed by atoms with van der Waals surface area (Å²) in [6, 6.07) is 8.98. The number of nitriles is 1. The van der Waals surface area contributed by atoms with Gasteiger partial charge in [0.05, 0.1) is 6.07 Å². The third-order valence-corrected chi connectivity index (χ3v) is 3.17. The van der Waals surface area contributed by atoms with Crippen LogP contribution in [0.4, 0.5) is 0 Å². The van der Waals surface area contributed by atoms with Crippen LogP contribution in [-0.2, 0) is 6.54 Å². The van der Waals surface area contributed by atoms with E-state index in [0.29, 0.717) is 0 Å². The lowest BCUT2D eigenvalue weighted by Gasteiger charge is -2.32. The van der Waals surface area contributed by atoms with Crippen LogP contribution in [0.2, 0.25) is 0 Å². The maximum atomic E-state index is 9.12. The summed E-state index contributed by atoms with van der Waals surface area (Å²) in [5, 5.41) is 12.4. The van der Waals surface area contributed by atoms with Gasteiger partial charge in [-0.3, -0.25) is 4.90 Å². The fourth-order valence-electron chi connectivity index (χ4n) is 2.46. The molecule has 0 aromatic heterocycles. The second-order valence-electron chi connectivity index (χ2n) is 4.82. The number of nitrogens with one attached hydrogen (secondary N) is 1. The van der Waals surface area contributed by atoms with Crippen LogP contribution in [0.5, 0.6) is 0 Å². The van der Waals surface area contributed by atoms with E-state index >= 15 is 0 Å². The molecule has 1 atom stereocenters. The molecular formula is C14H19N3. The molecular weight excluding hydrogens is 210 g/mol. The Morgan fingerprint density at radius 3 is 2.71 bits per heavy atom. The molecule has 1 unspecified atom stereocenters. The molecule has 0 amide bonds. The first-order valence-electron chi connectivity index (χ1n) is 6.10. The summed E-state index contributed by atoms with van der Waals surface area (Å²) in [6.07, 6.45) is 0. The Hall–Kier alpha value is -1.37. The zero-order valence-electron chi connectivity index (χ0n) is 10.5. The molecule has 3 nitrogen and oxygen atoms in total. The minimum atomic E-state index is 0.00423. The van der Waals surface area contributed by atoms with Gasteiger partial charge < -0.3 is 5.32 Å². The van der Waals surface area contributed by atoms with Crippen molar-refractivity contribution in [2.75, 3.05) is 19.6 Å². The van der Waals surface area contributed by atoms with Crippen molar-refractivity contribution >= 4 is 0 Å². The first-order chi connectivity index (χ1) is 8.19. The molecule has 1 heterocycles. The molecule has 1 saturated heterocycles. The number of hydrogen-bond acceptors (Lipinski definition) is 3. The van der Waals surface area contributed by atoms with Gasteiger partial charge in [0, 0.05) is 26.2 Å². The van der Waals surface area contributed by atoms with E-state index in [-0.39, 0.29) is 6.04 Å². The lowest BCUT2D eigenvalue weighted by molar-refractivity contribution is 0.189. The third-order valence-electron chi connectivity index (χ3n) is 3.17. The van der Waals surface area contributed by atoms with E-state index in [0.717, 1.165) is 26.2 Å². The molecule has 3 heteroatoms. The van der Waals surface area contributed by atoms with Gasteiger partial charge in [-0.2, -0.15) is 5.26 Å². The van der Waals surface area contributed by atoms with Crippen molar-refractivity contribution in [3.8, 4) is 6.07 Å². The van der Waals surface area contributed by atoms with Crippen molar-refractivity contribution in [2.24, 2.45) is 0 Å². The summed E-state index contributed by atoms with van der Waals surface area (Å²) in [5.41, 5.74) is 3.90. The molecule has 0 spiro atoms. The van der Waals surface area contributed by atoms with Gasteiger partial charge in [-0.15, -0.1) is 0 Å². The zero-order valence-corrected chi connectivity index (χ0v) is 10.5. The lowest BCUT2D eigenvalue weighted by atomic mass is 10.1. The van der Waals surface area contributed by atoms with E-state index in [1.807, 2.05) is 0 Å². The molecule has 1 N–H and O–H groups in total. The molecule has 1 aromatic carbocycles. The van der Waals surface area contributed by atoms with Gasteiger partial charge in [-0.1, -0.05) is 29.3 Å². The molecule has 0 bridgehead atoms. The van der Waals surface area contributed by atoms with Gasteiger partial charge in [-0.05, 0) is 19.4 Å². The van der Waals surface area contributed by atoms with E-state index < -0.39 is 0 Å². The largest absolute Gasteiger partial charge is 0.313 e. The first-order valence-corrected chi connectivity index (χ1v) is 6.10. The van der Waals surface area contributed by atoms with Gasteiger partial charge in [0.15, 0.2) is 0 Å². The molecule has 0 aliphatic carbocycles. The van der Waals surface area contributed by atoms with Gasteiger partial charge in [-0.25, -0.2) is 0 Å². The summed E-state index contributed by atoms with van der Waals surface area (Å²) < 4.78 is 0. The summed E-state index contributed by atoms with van der Waals surface area (Å²) in [5.74, 6) is 0. The van der Waals surface area contributed by atoms with Crippen molar-refractivity contribution in [2.45, 2.75) is 26.4 Å². The van der Waals surface area contributed by atoms with E-state index in [4.69, 9.17) is 5.26 Å². The number of aryl methyl sites for hydroxylation is 2. The van der Waals surface area contributed by atoms with Crippen LogP contribution < -0.4 is 5.32 Å². The predicted molar refractivity (Wildman–Crippen MR) is 68.6 cm³/mol. The van der Waals surface area contributed by atoms with Gasteiger partial charge in [0.1, 0.15) is 6.04 Å². The van der Waals surface area contributed by atoms with Gasteiger partial charge >= 0.3 is 0 Å². The highest BCUT2D eigenvalue weighted by molar-refractivity contribution is 5.28. The Bertz CT molecular complexity index is 413. The SMILES string of the molecule is Cc1cc(C)cc(CN2CCNCC2C#N)c1. The standard InChI is InChI=1S/C14H19N3/c1-11-5-12(2)7-13(6-11)10-17-4-3-16-9-14(17)8-15/h5-7,14,16H,3-4,9-10H2,1-2H3. The molecule has 1 fully saturated rings. The van der Waals surface area contributed by atoms with Gasteiger partial charge in [0.25, 0.3) is 0 Å². The van der Waals surface area contributed by atoms with Crippen molar-refractivity contribution in [1.82, 2.24) is 10.2 Å². The quantitative estimate of drug-likeness (QED) is 0.837. The highest BCUT2D eigenvalue weighted by atomic mass is 15.2. The summed E-state index contributed by atoms with van der Waals surface area (Å²) >= 11 is 0. The summed E-state index contributed by atoms with van der Waals surface area (Å²) in [6.45, 7) is 7.82. The molecule has 1 aliphatic heterocycles. The van der Waals surface area contributed by atoms with Crippen LogP contribution in [0.1, 0.15) is 16.7 Å². The van der Waals surface area contributed by atoms with Gasteiger partial charge in [0.2, 0.25) is 0 Å². The lowest BCUT2D eigenvalue weighted by Crippen LogP contribution is -2.49. The van der Waals surface area contributed by atoms with Crippen molar-refractivity contribution in [1.29, 1.82) is 5.26 Å². The zero-order chi connectivity index (χ0) is 12.3. The molecule has 1 aliphatic rings. The second kappa shape index (κ2) is 5.31. The minimum absolute atomic E-state index is 0.00423. The Labute approximate surface area is 103 Å². The second-order valence-corrected chi connectivity index (χ2v) is 4.82. The third kappa shape index (κ3) is 3.06. The maximum Gasteiger partial charge on any atom is 0.111 e. The highest BCUT2D eigenvalue weighted by Gasteiger charge is 2.21. The first kappa shape index (κ1) is 12.1. The Balaban J connectivity index is 2.11. The van der Waals surface area contributed by atoms with Crippen LogP contribution in [0.15, 0.2) is 18.2 Å². The fourth-order valence-corrected chi connectivity index (χ4v) is 2.46. The maximum absolute atomic E-state index is 9.12. The van der Waals surface area contributed by atoms with Crippen LogP contribution in [0.25, 0.3) is 0 Å². The predicted octanol–water partition coefficient (Wildman–Crippen LogP) is 1.60. The average molecular weight is 229 g/mol. The van der Waals surface area contributed by atoms with Crippen LogP contribution >= 0.6 is 0 Å². The monoisotopic (exact) mass is 229 g/mol. The Morgan fingerprint density at radius 2 is 2.06 bits per heavy atom. The van der Waals surface area contributed by atoms with Crippen LogP contribution in [0.3, 0.4) is 0 Å². The number of nitrogens with zero attached hydrogens (tertiary/aromatic N) is 2. The van der Waals surface area contributed by atoms with Crippen molar-refractivity contribution < 1.29 is 0 Å². The van der Waals surface area contributed by atoms with E-state index in [1.165, 1.54) is 16.7 Å². The minimum Gasteiger partial charge on any atom is -0.313 e. The van der Waals surface area contributed by atoms with Crippen molar-refractivity contribution in [3.05, 3.63) is 34.9 Å². The molecule has 90 valence electrons. The normalized spacial score (nSPS) is 21.1. The number of benzene rings is 1. The van der Waals surface area contributed by atoms with Crippen LogP contribution in [-0.4, -0.2) is 30.6 Å². The van der Waals surface area contributed by atoms with E-state index in [1.54, 1.807) is 0 Å². The smallest absolute Gasteiger partial charge is 0.111 e. The number of rotatable bonds is 2. The molecule has 17 heavy (non-hydrogen) atoms. The van der Waals surface area contributed by atoms with E-state index in [9.17, 15) is 0 Å².